The van der Waals surface area contributed by atoms with Crippen LogP contribution in [0.25, 0.3) is 10.9 Å². The van der Waals surface area contributed by atoms with Gasteiger partial charge in [0.25, 0.3) is 0 Å². The van der Waals surface area contributed by atoms with E-state index >= 15 is 0 Å². The van der Waals surface area contributed by atoms with E-state index in [0.29, 0.717) is 0 Å². The number of anilines is 1. The lowest BCUT2D eigenvalue weighted by atomic mass is 9.97. The number of benzene rings is 1. The summed E-state index contributed by atoms with van der Waals surface area (Å²) in [7, 11) is 1.63. The van der Waals surface area contributed by atoms with Gasteiger partial charge in [-0.2, -0.15) is 0 Å². The first kappa shape index (κ1) is 17.5. The van der Waals surface area contributed by atoms with Crippen molar-refractivity contribution in [3.8, 4) is 5.75 Å². The van der Waals surface area contributed by atoms with E-state index in [1.54, 1.807) is 13.4 Å². The minimum absolute atomic E-state index is 0.269. The molecule has 7 nitrogen and oxygen atoms in total. The Kier molecular flexibility index (Phi) is 5.32. The van der Waals surface area contributed by atoms with E-state index in [1.807, 2.05) is 18.2 Å². The van der Waals surface area contributed by atoms with E-state index in [0.717, 1.165) is 48.4 Å². The van der Waals surface area contributed by atoms with Crippen molar-refractivity contribution in [2.75, 3.05) is 31.7 Å². The zero-order chi connectivity index (χ0) is 17.2. The lowest BCUT2D eigenvalue weighted by Gasteiger charge is -2.33. The van der Waals surface area contributed by atoms with Gasteiger partial charge in [-0.15, -0.1) is 0 Å². The Morgan fingerprint density at radius 1 is 1.29 bits per heavy atom. The van der Waals surface area contributed by atoms with Crippen molar-refractivity contribution >= 4 is 35.2 Å². The quantitative estimate of drug-likeness (QED) is 0.775. The molecule has 24 heavy (non-hydrogen) atoms. The van der Waals surface area contributed by atoms with Crippen LogP contribution in [-0.2, 0) is 16.3 Å². The average molecular weight is 369 g/mol. The number of rotatable bonds is 5. The number of nitrogens with zero attached hydrogens (tertiary/aromatic N) is 3. The van der Waals surface area contributed by atoms with Crippen LogP contribution in [0.3, 0.4) is 0 Å². The number of hydrogen-bond acceptors (Lipinski definition) is 6. The minimum Gasteiger partial charge on any atom is -0.494 e. The minimum atomic E-state index is -3.56. The van der Waals surface area contributed by atoms with Crippen LogP contribution in [0.4, 0.5) is 5.82 Å². The Bertz CT molecular complexity index is 761. The molecule has 0 aliphatic carbocycles. The highest BCUT2D eigenvalue weighted by atomic mass is 32.5. The van der Waals surface area contributed by atoms with E-state index in [4.69, 9.17) is 19.0 Å². The largest absolute Gasteiger partial charge is 0.494 e. The number of methoxy groups -OCH3 is 1. The summed E-state index contributed by atoms with van der Waals surface area (Å²) in [6.07, 6.45) is 3.32. The standard InChI is InChI=1S/C15H20N3O4PS/c1-21-13-4-2-3-12-14(13)16-10-17-15(12)18-7-5-11(6-8-18)9-22-23(19,20)24/h2-4,10-11H,5-9H2,1H3,(H2,19,20,24). The van der Waals surface area contributed by atoms with Crippen LogP contribution >= 0.6 is 6.72 Å². The highest BCUT2D eigenvalue weighted by molar-refractivity contribution is 8.06. The van der Waals surface area contributed by atoms with Gasteiger partial charge in [0.05, 0.1) is 13.7 Å². The molecule has 130 valence electrons. The zero-order valence-electron chi connectivity index (χ0n) is 13.3. The summed E-state index contributed by atoms with van der Waals surface area (Å²) in [6, 6.07) is 5.82. The Morgan fingerprint density at radius 2 is 2.04 bits per heavy atom. The maximum atomic E-state index is 9.17. The van der Waals surface area contributed by atoms with Crippen molar-refractivity contribution in [1.82, 2.24) is 9.97 Å². The van der Waals surface area contributed by atoms with E-state index in [2.05, 4.69) is 26.7 Å². The van der Waals surface area contributed by atoms with Crippen molar-refractivity contribution in [2.24, 2.45) is 5.92 Å². The zero-order valence-corrected chi connectivity index (χ0v) is 15.0. The van der Waals surface area contributed by atoms with Gasteiger partial charge < -0.3 is 23.9 Å². The van der Waals surface area contributed by atoms with E-state index in [1.165, 1.54) is 0 Å². The maximum Gasteiger partial charge on any atom is 0.321 e. The van der Waals surface area contributed by atoms with Gasteiger partial charge in [0.2, 0.25) is 0 Å². The highest BCUT2D eigenvalue weighted by Gasteiger charge is 2.23. The van der Waals surface area contributed by atoms with Crippen molar-refractivity contribution < 1.29 is 19.0 Å². The molecule has 2 N–H and O–H groups in total. The second-order valence-corrected chi connectivity index (χ2v) is 8.44. The second-order valence-electron chi connectivity index (χ2n) is 5.77. The molecule has 0 bridgehead atoms. The van der Waals surface area contributed by atoms with Crippen molar-refractivity contribution in [1.29, 1.82) is 0 Å². The van der Waals surface area contributed by atoms with Crippen molar-refractivity contribution in [3.05, 3.63) is 24.5 Å². The fourth-order valence-electron chi connectivity index (χ4n) is 2.98. The molecule has 1 fully saturated rings. The second kappa shape index (κ2) is 7.29. The average Bonchev–Trinajstić information content (AvgIpc) is 2.59. The van der Waals surface area contributed by atoms with Crippen LogP contribution in [0.2, 0.25) is 0 Å². The van der Waals surface area contributed by atoms with Gasteiger partial charge >= 0.3 is 6.72 Å². The molecule has 0 atom stereocenters. The van der Waals surface area contributed by atoms with Crippen molar-refractivity contribution in [3.63, 3.8) is 0 Å². The van der Waals surface area contributed by atoms with E-state index in [9.17, 15) is 0 Å². The van der Waals surface area contributed by atoms with Gasteiger partial charge in [-0.25, -0.2) is 9.97 Å². The predicted octanol–water partition coefficient (Wildman–Crippen LogP) is 2.08. The summed E-state index contributed by atoms with van der Waals surface area (Å²) in [4.78, 5) is 29.3. The molecule has 0 spiro atoms. The summed E-state index contributed by atoms with van der Waals surface area (Å²) in [6.45, 7) is -1.64. The first-order valence-corrected chi connectivity index (χ1v) is 10.3. The number of para-hydroxylation sites is 1. The summed E-state index contributed by atoms with van der Waals surface area (Å²) in [5.41, 5.74) is 0.803. The summed E-state index contributed by atoms with van der Waals surface area (Å²) in [5.74, 6) is 1.90. The molecule has 1 aromatic heterocycles. The summed E-state index contributed by atoms with van der Waals surface area (Å²) in [5, 5.41) is 0.966. The van der Waals surface area contributed by atoms with Gasteiger partial charge in [-0.3, -0.25) is 0 Å². The SMILES string of the molecule is COc1cccc2c(N3CCC(COP(O)(O)=S)CC3)ncnc12. The molecule has 1 saturated heterocycles. The van der Waals surface area contributed by atoms with E-state index in [-0.39, 0.29) is 12.5 Å². The van der Waals surface area contributed by atoms with Crippen LogP contribution in [-0.4, -0.2) is 46.6 Å². The van der Waals surface area contributed by atoms with Gasteiger partial charge in [0.15, 0.2) is 0 Å². The summed E-state index contributed by atoms with van der Waals surface area (Å²) < 4.78 is 10.4. The normalized spacial score (nSPS) is 16.5. The fraction of sp³-hybridized carbons (Fsp3) is 0.467. The molecule has 0 unspecified atom stereocenters. The van der Waals surface area contributed by atoms with Gasteiger partial charge in [-0.1, -0.05) is 6.07 Å². The number of fused-ring (bicyclic) bond motifs is 1. The molecule has 0 saturated carbocycles. The fourth-order valence-corrected chi connectivity index (χ4v) is 3.56. The molecule has 1 aliphatic heterocycles. The molecule has 0 radical (unpaired) electrons. The van der Waals surface area contributed by atoms with E-state index < -0.39 is 6.72 Å². The predicted molar refractivity (Wildman–Crippen MR) is 95.7 cm³/mol. The Labute approximate surface area is 145 Å². The third-order valence-corrected chi connectivity index (χ3v) is 5.02. The van der Waals surface area contributed by atoms with Crippen LogP contribution in [0.15, 0.2) is 24.5 Å². The number of hydrogen-bond donors (Lipinski definition) is 2. The molecule has 9 heteroatoms. The third kappa shape index (κ3) is 4.02. The molecule has 0 amide bonds. The Hall–Kier alpha value is -1.31. The summed E-state index contributed by atoms with van der Waals surface area (Å²) >= 11 is 4.49. The number of aromatic nitrogens is 2. The lowest BCUT2D eigenvalue weighted by molar-refractivity contribution is 0.191. The van der Waals surface area contributed by atoms with Gasteiger partial charge in [-0.05, 0) is 42.7 Å². The topological polar surface area (TPSA) is 87.9 Å². The van der Waals surface area contributed by atoms with Gasteiger partial charge in [0.1, 0.15) is 23.4 Å². The van der Waals surface area contributed by atoms with Gasteiger partial charge in [0, 0.05) is 18.5 Å². The molecular weight excluding hydrogens is 349 g/mol. The number of ether oxygens (including phenoxy) is 1. The lowest BCUT2D eigenvalue weighted by Crippen LogP contribution is -2.35. The molecule has 1 aromatic carbocycles. The monoisotopic (exact) mass is 369 g/mol. The first-order valence-electron chi connectivity index (χ1n) is 7.70. The van der Waals surface area contributed by atoms with Crippen LogP contribution in [0.5, 0.6) is 5.75 Å². The number of piperidine rings is 1. The molecule has 3 rings (SSSR count). The molecule has 2 heterocycles. The van der Waals surface area contributed by atoms with Crippen LogP contribution < -0.4 is 9.64 Å². The van der Waals surface area contributed by atoms with Crippen LogP contribution in [0.1, 0.15) is 12.8 Å². The smallest absolute Gasteiger partial charge is 0.321 e. The Balaban J connectivity index is 1.73. The highest BCUT2D eigenvalue weighted by Crippen LogP contribution is 2.38. The first-order chi connectivity index (χ1) is 11.5. The van der Waals surface area contributed by atoms with Crippen LogP contribution in [0, 0.1) is 5.92 Å². The molecule has 1 aliphatic rings. The molecular formula is C15H20N3O4PS. The Morgan fingerprint density at radius 3 is 2.71 bits per heavy atom. The maximum absolute atomic E-state index is 9.17. The third-order valence-electron chi connectivity index (χ3n) is 4.22. The molecule has 2 aromatic rings. The van der Waals surface area contributed by atoms with Crippen molar-refractivity contribution in [2.45, 2.75) is 12.8 Å².